The first-order valence-electron chi connectivity index (χ1n) is 9.62. The molecule has 2 aliphatic heterocycles. The third-order valence-corrected chi connectivity index (χ3v) is 5.43. The van der Waals surface area contributed by atoms with Gasteiger partial charge in [0.25, 0.3) is 0 Å². The van der Waals surface area contributed by atoms with Crippen LogP contribution in [0.3, 0.4) is 0 Å². The lowest BCUT2D eigenvalue weighted by Crippen LogP contribution is -2.53. The van der Waals surface area contributed by atoms with Crippen LogP contribution in [0.15, 0.2) is 34.0 Å². The largest absolute Gasteiger partial charge is 0.375 e. The van der Waals surface area contributed by atoms with E-state index >= 15 is 0 Å². The van der Waals surface area contributed by atoms with Gasteiger partial charge in [-0.1, -0.05) is 0 Å². The Labute approximate surface area is 191 Å². The number of halogens is 2. The molecule has 0 spiro atoms. The minimum atomic E-state index is 0. The molecule has 154 valence electrons. The standard InChI is InChI=1S/C19H26BrN5O2.HI/c1-2-21-19(24-7-9-27-17(13-24)16-4-3-8-26-16)22-10-15-12-25-11-14(20)5-6-18(25)23-15;/h5-6,11-12,16-17H,2-4,7-10,13H2,1H3,(H,21,22);1H. The van der Waals surface area contributed by atoms with Crippen molar-refractivity contribution < 1.29 is 9.47 Å². The lowest BCUT2D eigenvalue weighted by molar-refractivity contribution is -0.0817. The number of hydrogen-bond acceptors (Lipinski definition) is 4. The van der Waals surface area contributed by atoms with Gasteiger partial charge in [-0.2, -0.15) is 0 Å². The van der Waals surface area contributed by atoms with Gasteiger partial charge in [0.15, 0.2) is 5.96 Å². The van der Waals surface area contributed by atoms with Gasteiger partial charge in [-0.05, 0) is 47.8 Å². The summed E-state index contributed by atoms with van der Waals surface area (Å²) in [6.45, 7) is 6.68. The van der Waals surface area contributed by atoms with Crippen LogP contribution in [0.2, 0.25) is 0 Å². The van der Waals surface area contributed by atoms with Gasteiger partial charge in [0.05, 0.1) is 24.9 Å². The van der Waals surface area contributed by atoms with Crippen molar-refractivity contribution in [2.45, 2.75) is 38.5 Å². The summed E-state index contributed by atoms with van der Waals surface area (Å²) >= 11 is 3.50. The first kappa shape index (κ1) is 21.8. The highest BCUT2D eigenvalue weighted by molar-refractivity contribution is 14.0. The number of nitrogens with one attached hydrogen (secondary N) is 1. The van der Waals surface area contributed by atoms with E-state index < -0.39 is 0 Å². The number of pyridine rings is 1. The van der Waals surface area contributed by atoms with E-state index in [9.17, 15) is 0 Å². The van der Waals surface area contributed by atoms with Gasteiger partial charge in [-0.3, -0.25) is 0 Å². The van der Waals surface area contributed by atoms with Gasteiger partial charge < -0.3 is 24.1 Å². The number of ether oxygens (including phenoxy) is 2. The summed E-state index contributed by atoms with van der Waals surface area (Å²) < 4.78 is 14.8. The summed E-state index contributed by atoms with van der Waals surface area (Å²) in [5.74, 6) is 0.919. The first-order chi connectivity index (χ1) is 13.2. The summed E-state index contributed by atoms with van der Waals surface area (Å²) in [7, 11) is 0. The molecule has 0 aromatic carbocycles. The van der Waals surface area contributed by atoms with E-state index in [-0.39, 0.29) is 36.2 Å². The van der Waals surface area contributed by atoms with Gasteiger partial charge in [-0.15, -0.1) is 24.0 Å². The maximum Gasteiger partial charge on any atom is 0.194 e. The van der Waals surface area contributed by atoms with E-state index in [1.165, 1.54) is 0 Å². The average Bonchev–Trinajstić information content (AvgIpc) is 3.34. The minimum Gasteiger partial charge on any atom is -0.375 e. The average molecular weight is 564 g/mol. The Morgan fingerprint density at radius 3 is 2.93 bits per heavy atom. The number of imidazole rings is 1. The normalized spacial score (nSPS) is 23.1. The van der Waals surface area contributed by atoms with Gasteiger partial charge in [0, 0.05) is 43.1 Å². The van der Waals surface area contributed by atoms with Crippen LogP contribution in [0.4, 0.5) is 0 Å². The lowest BCUT2D eigenvalue weighted by atomic mass is 10.1. The Hall–Kier alpha value is -0.910. The fraction of sp³-hybridized carbons (Fsp3) is 0.579. The minimum absolute atomic E-state index is 0. The van der Waals surface area contributed by atoms with E-state index in [1.807, 2.05) is 28.9 Å². The molecule has 2 aliphatic rings. The molecule has 0 aliphatic carbocycles. The molecule has 7 nitrogen and oxygen atoms in total. The Morgan fingerprint density at radius 2 is 2.14 bits per heavy atom. The van der Waals surface area contributed by atoms with Crippen molar-refractivity contribution in [3.05, 3.63) is 34.7 Å². The van der Waals surface area contributed by atoms with Crippen LogP contribution in [0.5, 0.6) is 0 Å². The highest BCUT2D eigenvalue weighted by Gasteiger charge is 2.32. The SMILES string of the molecule is CCNC(=NCc1cn2cc(Br)ccc2n1)N1CCOC(C2CCCO2)C1.I. The topological polar surface area (TPSA) is 63.4 Å². The van der Waals surface area contributed by atoms with E-state index in [2.05, 4.69) is 38.1 Å². The summed E-state index contributed by atoms with van der Waals surface area (Å²) in [4.78, 5) is 11.8. The molecule has 4 rings (SSSR count). The monoisotopic (exact) mass is 563 g/mol. The quantitative estimate of drug-likeness (QED) is 0.352. The predicted molar refractivity (Wildman–Crippen MR) is 123 cm³/mol. The summed E-state index contributed by atoms with van der Waals surface area (Å²) in [6, 6.07) is 4.00. The van der Waals surface area contributed by atoms with E-state index in [1.54, 1.807) is 0 Å². The van der Waals surface area contributed by atoms with Crippen molar-refractivity contribution >= 4 is 51.5 Å². The molecule has 2 unspecified atom stereocenters. The maximum atomic E-state index is 5.96. The number of fused-ring (bicyclic) bond motifs is 1. The molecule has 0 saturated carbocycles. The fourth-order valence-corrected chi connectivity index (χ4v) is 4.02. The number of aliphatic imine (C=N–C) groups is 1. The molecule has 0 radical (unpaired) electrons. The molecule has 4 heterocycles. The molecule has 2 fully saturated rings. The van der Waals surface area contributed by atoms with Crippen LogP contribution >= 0.6 is 39.9 Å². The van der Waals surface area contributed by atoms with Crippen molar-refractivity contribution in [1.82, 2.24) is 19.6 Å². The molecule has 2 aromatic rings. The molecule has 1 N–H and O–H groups in total. The number of rotatable bonds is 4. The molecule has 0 amide bonds. The molecule has 2 aromatic heterocycles. The second-order valence-corrected chi connectivity index (χ2v) is 7.84. The number of aromatic nitrogens is 2. The van der Waals surface area contributed by atoms with Crippen molar-refractivity contribution in [2.75, 3.05) is 32.8 Å². The Kier molecular flexibility index (Phi) is 7.95. The van der Waals surface area contributed by atoms with Crippen molar-refractivity contribution in [3.8, 4) is 0 Å². The van der Waals surface area contributed by atoms with Gasteiger partial charge in [0.1, 0.15) is 11.8 Å². The summed E-state index contributed by atoms with van der Waals surface area (Å²) in [5, 5.41) is 3.41. The predicted octanol–water partition coefficient (Wildman–Crippen LogP) is 3.06. The van der Waals surface area contributed by atoms with Crippen LogP contribution < -0.4 is 5.32 Å². The highest BCUT2D eigenvalue weighted by Crippen LogP contribution is 2.21. The van der Waals surface area contributed by atoms with Crippen molar-refractivity contribution in [2.24, 2.45) is 4.99 Å². The second kappa shape index (κ2) is 10.2. The summed E-state index contributed by atoms with van der Waals surface area (Å²) in [5.41, 5.74) is 1.88. The zero-order chi connectivity index (χ0) is 18.6. The van der Waals surface area contributed by atoms with Gasteiger partial charge in [0.2, 0.25) is 0 Å². The Bertz CT molecular complexity index is 809. The lowest BCUT2D eigenvalue weighted by Gasteiger charge is -2.37. The molecule has 28 heavy (non-hydrogen) atoms. The second-order valence-electron chi connectivity index (χ2n) is 6.92. The van der Waals surface area contributed by atoms with Crippen LogP contribution in [0.25, 0.3) is 5.65 Å². The molecule has 0 bridgehead atoms. The van der Waals surface area contributed by atoms with E-state index in [0.717, 1.165) is 60.9 Å². The van der Waals surface area contributed by atoms with Gasteiger partial charge in [-0.25, -0.2) is 9.98 Å². The molecule has 2 saturated heterocycles. The highest BCUT2D eigenvalue weighted by atomic mass is 127. The molecule has 9 heteroatoms. The number of guanidine groups is 1. The maximum absolute atomic E-state index is 5.96. The third-order valence-electron chi connectivity index (χ3n) is 4.96. The van der Waals surface area contributed by atoms with Crippen LogP contribution in [-0.4, -0.2) is 65.3 Å². The first-order valence-corrected chi connectivity index (χ1v) is 10.4. The zero-order valence-electron chi connectivity index (χ0n) is 16.0. The van der Waals surface area contributed by atoms with E-state index in [0.29, 0.717) is 13.2 Å². The summed E-state index contributed by atoms with van der Waals surface area (Å²) in [6.07, 6.45) is 6.59. The van der Waals surface area contributed by atoms with Crippen LogP contribution in [0, 0.1) is 0 Å². The molecular formula is C19H27BrIN5O2. The number of morpholine rings is 1. The third kappa shape index (κ3) is 5.17. The van der Waals surface area contributed by atoms with Crippen molar-refractivity contribution in [3.63, 3.8) is 0 Å². The fourth-order valence-electron chi connectivity index (χ4n) is 3.66. The number of nitrogens with zero attached hydrogens (tertiary/aromatic N) is 4. The Balaban J connectivity index is 0.00000225. The van der Waals surface area contributed by atoms with E-state index in [4.69, 9.17) is 14.5 Å². The van der Waals surface area contributed by atoms with Crippen LogP contribution in [0.1, 0.15) is 25.5 Å². The zero-order valence-corrected chi connectivity index (χ0v) is 19.9. The molecule has 2 atom stereocenters. The Morgan fingerprint density at radius 1 is 1.29 bits per heavy atom. The van der Waals surface area contributed by atoms with Crippen LogP contribution in [-0.2, 0) is 16.0 Å². The van der Waals surface area contributed by atoms with Gasteiger partial charge >= 0.3 is 0 Å². The number of hydrogen-bond donors (Lipinski definition) is 1. The smallest absolute Gasteiger partial charge is 0.194 e. The molecular weight excluding hydrogens is 537 g/mol. The van der Waals surface area contributed by atoms with Crippen molar-refractivity contribution in [1.29, 1.82) is 0 Å².